The maximum Gasteiger partial charge on any atom is 0.134 e. The SMILES string of the molecule is C/C=C/CCc1ccc(C#Cc2ccc3c(F)c(CC/C=C/C)ccc3c2)cc1. The molecule has 0 atom stereocenters. The van der Waals surface area contributed by atoms with Crippen LogP contribution >= 0.6 is 0 Å². The van der Waals surface area contributed by atoms with Gasteiger partial charge in [0.15, 0.2) is 0 Å². The van der Waals surface area contributed by atoms with Gasteiger partial charge in [0.2, 0.25) is 0 Å². The standard InChI is InChI=1S/C28H27F/c1-3-5-7-9-22-11-13-23(14-12-22)15-16-24-17-20-27-26(21-24)19-18-25(28(27)29)10-8-6-4-2/h3-6,11-14,17-21H,7-10H2,1-2H3/b5-3+,6-4+. The minimum Gasteiger partial charge on any atom is -0.206 e. The number of benzene rings is 3. The maximum absolute atomic E-state index is 14.8. The van der Waals surface area contributed by atoms with Gasteiger partial charge in [-0.1, -0.05) is 66.5 Å². The summed E-state index contributed by atoms with van der Waals surface area (Å²) in [7, 11) is 0. The van der Waals surface area contributed by atoms with E-state index in [0.29, 0.717) is 5.39 Å². The van der Waals surface area contributed by atoms with E-state index < -0.39 is 0 Å². The summed E-state index contributed by atoms with van der Waals surface area (Å²) in [5.41, 5.74) is 3.98. The first-order valence-corrected chi connectivity index (χ1v) is 10.3. The van der Waals surface area contributed by atoms with Crippen LogP contribution in [0.25, 0.3) is 10.8 Å². The van der Waals surface area contributed by atoms with E-state index in [1.54, 1.807) is 0 Å². The third-order valence-electron chi connectivity index (χ3n) is 4.99. The molecule has 3 aromatic rings. The van der Waals surface area contributed by atoms with Crippen LogP contribution in [0, 0.1) is 17.7 Å². The molecule has 0 bridgehead atoms. The molecule has 0 saturated carbocycles. The molecule has 0 spiro atoms. The summed E-state index contributed by atoms with van der Waals surface area (Å²) in [5, 5.41) is 1.56. The number of halogens is 1. The molecule has 0 saturated heterocycles. The van der Waals surface area contributed by atoms with E-state index in [2.05, 4.69) is 54.3 Å². The molecule has 29 heavy (non-hydrogen) atoms. The average Bonchev–Trinajstić information content (AvgIpc) is 2.75. The van der Waals surface area contributed by atoms with E-state index in [-0.39, 0.29) is 5.82 Å². The lowest BCUT2D eigenvalue weighted by molar-refractivity contribution is 0.621. The maximum atomic E-state index is 14.8. The summed E-state index contributed by atoms with van der Waals surface area (Å²) >= 11 is 0. The molecule has 0 nitrogen and oxygen atoms in total. The topological polar surface area (TPSA) is 0 Å². The molecule has 0 fully saturated rings. The Kier molecular flexibility index (Phi) is 7.42. The Morgan fingerprint density at radius 1 is 0.759 bits per heavy atom. The Hall–Kier alpha value is -3.11. The number of allylic oxidation sites excluding steroid dienone is 4. The predicted octanol–water partition coefficient (Wildman–Crippen LogP) is 7.40. The highest BCUT2D eigenvalue weighted by Crippen LogP contribution is 2.23. The van der Waals surface area contributed by atoms with Crippen LogP contribution in [0.5, 0.6) is 0 Å². The van der Waals surface area contributed by atoms with Crippen molar-refractivity contribution in [1.29, 1.82) is 0 Å². The molecular weight excluding hydrogens is 355 g/mol. The lowest BCUT2D eigenvalue weighted by Gasteiger charge is -2.06. The molecule has 0 unspecified atom stereocenters. The summed E-state index contributed by atoms with van der Waals surface area (Å²) in [5.74, 6) is 6.31. The summed E-state index contributed by atoms with van der Waals surface area (Å²) in [6, 6.07) is 18.0. The number of rotatable bonds is 6. The summed E-state index contributed by atoms with van der Waals surface area (Å²) in [6.07, 6.45) is 12.0. The lowest BCUT2D eigenvalue weighted by atomic mass is 10.0. The van der Waals surface area contributed by atoms with E-state index in [1.807, 2.05) is 50.3 Å². The lowest BCUT2D eigenvalue weighted by Crippen LogP contribution is -1.92. The van der Waals surface area contributed by atoms with Gasteiger partial charge in [-0.15, -0.1) is 0 Å². The van der Waals surface area contributed by atoms with Crippen LogP contribution in [0.1, 0.15) is 48.9 Å². The minimum atomic E-state index is -0.111. The Morgan fingerprint density at radius 3 is 2.14 bits per heavy atom. The Bertz CT molecular complexity index is 1070. The van der Waals surface area contributed by atoms with Gasteiger partial charge in [-0.25, -0.2) is 4.39 Å². The van der Waals surface area contributed by atoms with Gasteiger partial charge in [0.1, 0.15) is 5.82 Å². The minimum absolute atomic E-state index is 0.111. The van der Waals surface area contributed by atoms with E-state index in [4.69, 9.17) is 0 Å². The summed E-state index contributed by atoms with van der Waals surface area (Å²) < 4.78 is 14.8. The molecule has 0 amide bonds. The van der Waals surface area contributed by atoms with Crippen LogP contribution in [-0.2, 0) is 12.8 Å². The van der Waals surface area contributed by atoms with Crippen molar-refractivity contribution in [2.75, 3.05) is 0 Å². The number of aryl methyl sites for hydroxylation is 2. The van der Waals surface area contributed by atoms with Crippen LogP contribution in [-0.4, -0.2) is 0 Å². The predicted molar refractivity (Wildman–Crippen MR) is 123 cm³/mol. The fourth-order valence-corrected chi connectivity index (χ4v) is 3.33. The molecule has 0 heterocycles. The molecule has 0 aliphatic carbocycles. The van der Waals surface area contributed by atoms with E-state index in [9.17, 15) is 4.39 Å². The summed E-state index contributed by atoms with van der Waals surface area (Å²) in [6.45, 7) is 4.03. The van der Waals surface area contributed by atoms with Crippen LogP contribution in [0.15, 0.2) is 78.9 Å². The second-order valence-electron chi connectivity index (χ2n) is 7.14. The van der Waals surface area contributed by atoms with E-state index in [0.717, 1.165) is 47.8 Å². The summed E-state index contributed by atoms with van der Waals surface area (Å²) in [4.78, 5) is 0. The van der Waals surface area contributed by atoms with Gasteiger partial charge in [-0.05, 0) is 80.3 Å². The van der Waals surface area contributed by atoms with Gasteiger partial charge in [-0.2, -0.15) is 0 Å². The zero-order chi connectivity index (χ0) is 20.5. The largest absolute Gasteiger partial charge is 0.206 e. The van der Waals surface area contributed by atoms with Crippen molar-refractivity contribution in [3.8, 4) is 11.8 Å². The second-order valence-corrected chi connectivity index (χ2v) is 7.14. The molecule has 0 aliphatic rings. The van der Waals surface area contributed by atoms with Crippen LogP contribution < -0.4 is 0 Å². The molecule has 146 valence electrons. The molecule has 0 radical (unpaired) electrons. The van der Waals surface area contributed by atoms with Gasteiger partial charge in [-0.3, -0.25) is 0 Å². The van der Waals surface area contributed by atoms with Gasteiger partial charge in [0, 0.05) is 16.5 Å². The number of fused-ring (bicyclic) bond motifs is 1. The van der Waals surface area contributed by atoms with Crippen LogP contribution in [0.2, 0.25) is 0 Å². The van der Waals surface area contributed by atoms with Gasteiger partial charge >= 0.3 is 0 Å². The molecule has 3 aromatic carbocycles. The quantitative estimate of drug-likeness (QED) is 0.308. The highest BCUT2D eigenvalue weighted by atomic mass is 19.1. The van der Waals surface area contributed by atoms with Gasteiger partial charge < -0.3 is 0 Å². The third kappa shape index (κ3) is 5.69. The van der Waals surface area contributed by atoms with Crippen molar-refractivity contribution < 1.29 is 4.39 Å². The van der Waals surface area contributed by atoms with Gasteiger partial charge in [0.25, 0.3) is 0 Å². The van der Waals surface area contributed by atoms with Crippen molar-refractivity contribution in [3.63, 3.8) is 0 Å². The van der Waals surface area contributed by atoms with Crippen LogP contribution in [0.3, 0.4) is 0 Å². The van der Waals surface area contributed by atoms with E-state index in [1.165, 1.54) is 5.56 Å². The van der Waals surface area contributed by atoms with Crippen molar-refractivity contribution in [3.05, 3.63) is 107 Å². The van der Waals surface area contributed by atoms with Crippen molar-refractivity contribution in [2.24, 2.45) is 0 Å². The first-order valence-electron chi connectivity index (χ1n) is 10.3. The molecular formula is C28H27F. The molecule has 1 heteroatoms. The normalized spacial score (nSPS) is 11.3. The first kappa shape index (κ1) is 20.6. The molecule has 0 N–H and O–H groups in total. The molecule has 0 aromatic heterocycles. The van der Waals surface area contributed by atoms with Gasteiger partial charge in [0.05, 0.1) is 0 Å². The monoisotopic (exact) mass is 382 g/mol. The highest BCUT2D eigenvalue weighted by Gasteiger charge is 2.07. The van der Waals surface area contributed by atoms with E-state index >= 15 is 0 Å². The second kappa shape index (κ2) is 10.4. The Labute approximate surface area is 173 Å². The Balaban J connectivity index is 1.75. The average molecular weight is 383 g/mol. The zero-order valence-corrected chi connectivity index (χ0v) is 17.2. The highest BCUT2D eigenvalue weighted by molar-refractivity contribution is 5.85. The van der Waals surface area contributed by atoms with Crippen molar-refractivity contribution in [2.45, 2.75) is 39.5 Å². The van der Waals surface area contributed by atoms with Crippen molar-refractivity contribution >= 4 is 10.8 Å². The zero-order valence-electron chi connectivity index (χ0n) is 17.2. The first-order chi connectivity index (χ1) is 14.2. The molecule has 3 rings (SSSR count). The number of hydrogen-bond acceptors (Lipinski definition) is 0. The van der Waals surface area contributed by atoms with Crippen LogP contribution in [0.4, 0.5) is 4.39 Å². The fourth-order valence-electron chi connectivity index (χ4n) is 3.33. The number of hydrogen-bond donors (Lipinski definition) is 0. The fraction of sp³-hybridized carbons (Fsp3) is 0.214. The third-order valence-corrected chi connectivity index (χ3v) is 4.99. The Morgan fingerprint density at radius 2 is 1.41 bits per heavy atom. The smallest absolute Gasteiger partial charge is 0.134 e. The molecule has 0 aliphatic heterocycles. The van der Waals surface area contributed by atoms with Crippen molar-refractivity contribution in [1.82, 2.24) is 0 Å².